The molecule has 0 saturated heterocycles. The first-order chi connectivity index (χ1) is 7.22. The molecule has 1 unspecified atom stereocenters. The van der Waals surface area contributed by atoms with E-state index in [1.165, 1.54) is 6.92 Å². The van der Waals surface area contributed by atoms with E-state index in [1.807, 2.05) is 13.8 Å². The molecule has 1 heterocycles. The van der Waals surface area contributed by atoms with Crippen LogP contribution in [-0.2, 0) is 0 Å². The zero-order valence-electron chi connectivity index (χ0n) is 9.43. The molecule has 1 rings (SSSR count). The van der Waals surface area contributed by atoms with Crippen molar-refractivity contribution < 1.29 is 13.2 Å². The number of nitrogens with one attached hydrogen (secondary N) is 1. The summed E-state index contributed by atoms with van der Waals surface area (Å²) in [6.45, 7) is 5.38. The van der Waals surface area contributed by atoms with E-state index in [4.69, 9.17) is 12.2 Å². The van der Waals surface area contributed by atoms with E-state index in [-0.39, 0.29) is 5.92 Å². The van der Waals surface area contributed by atoms with Gasteiger partial charge in [-0.3, -0.25) is 0 Å². The maximum absolute atomic E-state index is 12.3. The number of rotatable bonds is 3. The van der Waals surface area contributed by atoms with E-state index in [9.17, 15) is 13.2 Å². The molecule has 1 aromatic rings. The summed E-state index contributed by atoms with van der Waals surface area (Å²) in [6.07, 6.45) is -3.35. The van der Waals surface area contributed by atoms with Crippen molar-refractivity contribution in [1.82, 2.24) is 9.55 Å². The summed E-state index contributed by atoms with van der Waals surface area (Å²) >= 11 is 5.00. The lowest BCUT2D eigenvalue weighted by atomic mass is 10.1. The van der Waals surface area contributed by atoms with Crippen molar-refractivity contribution in [2.24, 2.45) is 0 Å². The van der Waals surface area contributed by atoms with Gasteiger partial charge in [0, 0.05) is 17.9 Å². The van der Waals surface area contributed by atoms with Gasteiger partial charge in [-0.1, -0.05) is 13.8 Å². The first kappa shape index (κ1) is 13.3. The lowest BCUT2D eigenvalue weighted by Crippen LogP contribution is -2.18. The molecule has 0 aliphatic carbocycles. The van der Waals surface area contributed by atoms with Gasteiger partial charge in [-0.15, -0.1) is 0 Å². The fraction of sp³-hybridized carbons (Fsp3) is 0.700. The Morgan fingerprint density at radius 3 is 2.38 bits per heavy atom. The normalized spacial score (nSPS) is 14.4. The zero-order chi connectivity index (χ0) is 12.5. The number of hydrogen-bond acceptors (Lipinski definition) is 1. The van der Waals surface area contributed by atoms with Crippen LogP contribution in [0.1, 0.15) is 44.8 Å². The van der Waals surface area contributed by atoms with Crippen molar-refractivity contribution in [2.75, 3.05) is 0 Å². The number of alkyl halides is 3. The van der Waals surface area contributed by atoms with Gasteiger partial charge >= 0.3 is 6.18 Å². The summed E-state index contributed by atoms with van der Waals surface area (Å²) in [5.74, 6) is 0.142. The molecule has 6 heteroatoms. The second-order valence-corrected chi connectivity index (χ2v) is 4.60. The van der Waals surface area contributed by atoms with Crippen molar-refractivity contribution in [2.45, 2.75) is 45.3 Å². The highest BCUT2D eigenvalue weighted by Crippen LogP contribution is 2.30. The molecular formula is C10H15F3N2S. The molecule has 1 atom stereocenters. The van der Waals surface area contributed by atoms with Crippen molar-refractivity contribution in [3.8, 4) is 0 Å². The minimum atomic E-state index is -4.17. The van der Waals surface area contributed by atoms with E-state index in [2.05, 4.69) is 4.98 Å². The molecule has 2 nitrogen and oxygen atoms in total. The van der Waals surface area contributed by atoms with E-state index in [0.29, 0.717) is 4.77 Å². The summed E-state index contributed by atoms with van der Waals surface area (Å²) in [6, 6.07) is -0.670. The van der Waals surface area contributed by atoms with Gasteiger partial charge in [-0.05, 0) is 25.1 Å². The molecule has 1 N–H and O–H groups in total. The predicted octanol–water partition coefficient (Wildman–Crippen LogP) is 4.18. The quantitative estimate of drug-likeness (QED) is 0.800. The fourth-order valence-electron chi connectivity index (χ4n) is 1.72. The van der Waals surface area contributed by atoms with Crippen LogP contribution in [0, 0.1) is 4.77 Å². The van der Waals surface area contributed by atoms with Gasteiger partial charge in [0.05, 0.1) is 6.42 Å². The van der Waals surface area contributed by atoms with E-state index in [0.717, 1.165) is 5.69 Å². The second kappa shape index (κ2) is 4.61. The molecule has 0 bridgehead atoms. The van der Waals surface area contributed by atoms with Crippen LogP contribution in [0.5, 0.6) is 0 Å². The molecule has 16 heavy (non-hydrogen) atoms. The summed E-state index contributed by atoms with van der Waals surface area (Å²) in [5, 5.41) is 0. The highest BCUT2D eigenvalue weighted by atomic mass is 32.1. The van der Waals surface area contributed by atoms with Crippen LogP contribution in [-0.4, -0.2) is 15.7 Å². The minimum absolute atomic E-state index is 0.142. The number of aromatic nitrogens is 2. The largest absolute Gasteiger partial charge is 0.391 e. The third-order valence-corrected chi connectivity index (χ3v) is 2.71. The highest BCUT2D eigenvalue weighted by molar-refractivity contribution is 7.71. The standard InChI is InChI=1S/C10H15F3N2S/c1-6(2)8-5-14-9(16)15(8)7(3)4-10(11,12)13/h5-7H,4H2,1-3H3,(H,14,16). The topological polar surface area (TPSA) is 20.7 Å². The van der Waals surface area contributed by atoms with Gasteiger partial charge in [-0.25, -0.2) is 0 Å². The average Bonchev–Trinajstić information content (AvgIpc) is 2.43. The number of halogens is 3. The van der Waals surface area contributed by atoms with Gasteiger partial charge < -0.3 is 9.55 Å². The van der Waals surface area contributed by atoms with Gasteiger partial charge in [0.25, 0.3) is 0 Å². The predicted molar refractivity (Wildman–Crippen MR) is 59.1 cm³/mol. The average molecular weight is 252 g/mol. The lowest BCUT2D eigenvalue weighted by molar-refractivity contribution is -0.141. The first-order valence-corrected chi connectivity index (χ1v) is 5.49. The van der Waals surface area contributed by atoms with Crippen LogP contribution in [0.4, 0.5) is 13.2 Å². The van der Waals surface area contributed by atoms with Crippen molar-refractivity contribution in [1.29, 1.82) is 0 Å². The Morgan fingerprint density at radius 1 is 1.38 bits per heavy atom. The molecule has 0 saturated carbocycles. The summed E-state index contributed by atoms with van der Waals surface area (Å²) in [5.41, 5.74) is 0.807. The lowest BCUT2D eigenvalue weighted by Gasteiger charge is -2.19. The van der Waals surface area contributed by atoms with Crippen molar-refractivity contribution in [3.63, 3.8) is 0 Å². The number of H-pyrrole nitrogens is 1. The molecule has 0 amide bonds. The maximum Gasteiger partial charge on any atom is 0.391 e. The van der Waals surface area contributed by atoms with Crippen LogP contribution >= 0.6 is 12.2 Å². The highest BCUT2D eigenvalue weighted by Gasteiger charge is 2.31. The minimum Gasteiger partial charge on any atom is -0.337 e. The van der Waals surface area contributed by atoms with Gasteiger partial charge in [0.2, 0.25) is 0 Å². The van der Waals surface area contributed by atoms with Gasteiger partial charge in [0.1, 0.15) is 0 Å². The molecular weight excluding hydrogens is 237 g/mol. The Labute approximate surface area is 97.5 Å². The van der Waals surface area contributed by atoms with E-state index in [1.54, 1.807) is 10.8 Å². The van der Waals surface area contributed by atoms with Crippen LogP contribution in [0.3, 0.4) is 0 Å². The Hall–Kier alpha value is -0.780. The summed E-state index contributed by atoms with van der Waals surface area (Å²) in [4.78, 5) is 2.80. The van der Waals surface area contributed by atoms with Crippen LogP contribution in [0.15, 0.2) is 6.20 Å². The van der Waals surface area contributed by atoms with E-state index >= 15 is 0 Å². The SMILES string of the molecule is CC(C)c1c[nH]c(=S)n1C(C)CC(F)(F)F. The second-order valence-electron chi connectivity index (χ2n) is 4.21. The van der Waals surface area contributed by atoms with Gasteiger partial charge in [-0.2, -0.15) is 13.2 Å². The zero-order valence-corrected chi connectivity index (χ0v) is 10.2. The number of nitrogens with zero attached hydrogens (tertiary/aromatic N) is 1. The number of imidazole rings is 1. The molecule has 0 radical (unpaired) electrons. The van der Waals surface area contributed by atoms with E-state index < -0.39 is 18.6 Å². The third-order valence-electron chi connectivity index (χ3n) is 2.40. The van der Waals surface area contributed by atoms with Crippen molar-refractivity contribution >= 4 is 12.2 Å². The smallest absolute Gasteiger partial charge is 0.337 e. The Bertz CT molecular complexity index is 403. The maximum atomic E-state index is 12.3. The summed E-state index contributed by atoms with van der Waals surface area (Å²) in [7, 11) is 0. The molecule has 92 valence electrons. The first-order valence-electron chi connectivity index (χ1n) is 5.09. The van der Waals surface area contributed by atoms with Crippen LogP contribution in [0.25, 0.3) is 0 Å². The van der Waals surface area contributed by atoms with Crippen molar-refractivity contribution in [3.05, 3.63) is 16.7 Å². The Morgan fingerprint density at radius 2 is 1.94 bits per heavy atom. The van der Waals surface area contributed by atoms with Crippen LogP contribution in [0.2, 0.25) is 0 Å². The molecule has 1 aromatic heterocycles. The molecule has 0 aliphatic heterocycles. The monoisotopic (exact) mass is 252 g/mol. The molecule has 0 fully saturated rings. The Balaban J connectivity index is 3.03. The Kier molecular flexibility index (Phi) is 3.83. The third kappa shape index (κ3) is 3.10. The fourth-order valence-corrected chi connectivity index (χ4v) is 2.06. The molecule has 0 spiro atoms. The van der Waals surface area contributed by atoms with Gasteiger partial charge in [0.15, 0.2) is 4.77 Å². The van der Waals surface area contributed by atoms with Crippen LogP contribution < -0.4 is 0 Å². The molecule has 0 aromatic carbocycles. The number of hydrogen-bond donors (Lipinski definition) is 1. The molecule has 0 aliphatic rings. The number of aromatic amines is 1. The summed E-state index contributed by atoms with van der Waals surface area (Å²) < 4.78 is 38.8.